The summed E-state index contributed by atoms with van der Waals surface area (Å²) in [5.41, 5.74) is 6.37. The van der Waals surface area contributed by atoms with Gasteiger partial charge in [-0.2, -0.15) is 0 Å². The molecule has 0 saturated carbocycles. The van der Waals surface area contributed by atoms with E-state index in [4.69, 9.17) is 27.4 Å². The molecule has 0 amide bonds. The molecule has 0 saturated heterocycles. The summed E-state index contributed by atoms with van der Waals surface area (Å²) in [5, 5.41) is 2.91. The van der Waals surface area contributed by atoms with Crippen LogP contribution in [0.25, 0.3) is 0 Å². The highest BCUT2D eigenvalue weighted by Gasteiger charge is 2.19. The van der Waals surface area contributed by atoms with Gasteiger partial charge in [0.25, 0.3) is 0 Å². The minimum absolute atomic E-state index is 0.102. The Bertz CT molecular complexity index is 501. The van der Waals surface area contributed by atoms with Crippen LogP contribution in [0.5, 0.6) is 5.75 Å². The molecule has 5 nitrogen and oxygen atoms in total. The summed E-state index contributed by atoms with van der Waals surface area (Å²) >= 11 is 4.82. The highest BCUT2D eigenvalue weighted by Crippen LogP contribution is 2.30. The number of thiocarbonyl (C=S) groups is 1. The Morgan fingerprint density at radius 3 is 2.40 bits per heavy atom. The van der Waals surface area contributed by atoms with E-state index in [0.717, 1.165) is 0 Å². The number of hydrogen-bond donors (Lipinski definition) is 2. The summed E-state index contributed by atoms with van der Waals surface area (Å²) < 4.78 is 10.9. The Balaban J connectivity index is 3.20. The minimum Gasteiger partial charge on any atom is -0.488 e. The number of hydrogen-bond acceptors (Lipinski definition) is 4. The third-order valence-electron chi connectivity index (χ3n) is 2.19. The molecule has 0 aliphatic heterocycles. The van der Waals surface area contributed by atoms with Crippen LogP contribution in [0.4, 0.5) is 5.69 Å². The number of ether oxygens (including phenoxy) is 2. The Morgan fingerprint density at radius 1 is 1.25 bits per heavy atom. The number of esters is 1. The largest absolute Gasteiger partial charge is 0.488 e. The van der Waals surface area contributed by atoms with E-state index in [9.17, 15) is 4.79 Å². The SMILES string of the molecule is CC(C)OC(=O)c1cccc(NC(N)=S)c1OC(C)C. The molecule has 0 heterocycles. The van der Waals surface area contributed by atoms with E-state index in [1.807, 2.05) is 13.8 Å². The first-order valence-electron chi connectivity index (χ1n) is 6.38. The van der Waals surface area contributed by atoms with Crippen molar-refractivity contribution in [3.63, 3.8) is 0 Å². The van der Waals surface area contributed by atoms with Crippen molar-refractivity contribution in [3.8, 4) is 5.75 Å². The lowest BCUT2D eigenvalue weighted by Crippen LogP contribution is -2.21. The lowest BCUT2D eigenvalue weighted by atomic mass is 10.1. The maximum absolute atomic E-state index is 12.1. The zero-order chi connectivity index (χ0) is 15.3. The molecule has 0 fully saturated rings. The van der Waals surface area contributed by atoms with Gasteiger partial charge in [-0.05, 0) is 52.0 Å². The number of nitrogens with one attached hydrogen (secondary N) is 1. The van der Waals surface area contributed by atoms with E-state index >= 15 is 0 Å². The van der Waals surface area contributed by atoms with Crippen molar-refractivity contribution >= 4 is 29.0 Å². The smallest absolute Gasteiger partial charge is 0.342 e. The maximum Gasteiger partial charge on any atom is 0.342 e. The van der Waals surface area contributed by atoms with Gasteiger partial charge in [0.1, 0.15) is 5.56 Å². The molecule has 0 spiro atoms. The zero-order valence-electron chi connectivity index (χ0n) is 12.1. The van der Waals surface area contributed by atoms with Gasteiger partial charge in [-0.1, -0.05) is 6.07 Å². The van der Waals surface area contributed by atoms with Gasteiger partial charge in [0.15, 0.2) is 10.9 Å². The van der Waals surface area contributed by atoms with E-state index in [2.05, 4.69) is 5.32 Å². The standard InChI is InChI=1S/C14H20N2O3S/c1-8(2)18-12-10(13(17)19-9(3)4)6-5-7-11(12)16-14(15)20/h5-9H,1-4H3,(H3,15,16,20). The molecule has 0 atom stereocenters. The van der Waals surface area contributed by atoms with Crippen LogP contribution in [-0.2, 0) is 4.74 Å². The third kappa shape index (κ3) is 4.70. The minimum atomic E-state index is -0.442. The summed E-state index contributed by atoms with van der Waals surface area (Å²) in [5.74, 6) is -0.0526. The van der Waals surface area contributed by atoms with Crippen LogP contribution in [0.2, 0.25) is 0 Å². The predicted octanol–water partition coefficient (Wildman–Crippen LogP) is 2.69. The Kier molecular flexibility index (Phi) is 5.76. The van der Waals surface area contributed by atoms with Crippen molar-refractivity contribution in [2.45, 2.75) is 39.9 Å². The molecule has 1 aromatic carbocycles. The summed E-state index contributed by atoms with van der Waals surface area (Å²) in [7, 11) is 0. The fourth-order valence-electron chi connectivity index (χ4n) is 1.57. The van der Waals surface area contributed by atoms with Crippen molar-refractivity contribution in [1.82, 2.24) is 0 Å². The average molecular weight is 296 g/mol. The van der Waals surface area contributed by atoms with E-state index in [1.165, 1.54) is 0 Å². The topological polar surface area (TPSA) is 73.6 Å². The van der Waals surface area contributed by atoms with Gasteiger partial charge >= 0.3 is 5.97 Å². The first-order chi connectivity index (χ1) is 9.31. The molecule has 6 heteroatoms. The quantitative estimate of drug-likeness (QED) is 0.643. The number of benzene rings is 1. The van der Waals surface area contributed by atoms with Crippen LogP contribution in [-0.4, -0.2) is 23.3 Å². The number of carbonyl (C=O) groups excluding carboxylic acids is 1. The molecule has 20 heavy (non-hydrogen) atoms. The van der Waals surface area contributed by atoms with Crippen molar-refractivity contribution in [2.24, 2.45) is 5.73 Å². The first kappa shape index (κ1) is 16.2. The van der Waals surface area contributed by atoms with E-state index in [-0.39, 0.29) is 17.3 Å². The Labute approximate surface area is 124 Å². The van der Waals surface area contributed by atoms with Crippen molar-refractivity contribution in [3.05, 3.63) is 23.8 Å². The van der Waals surface area contributed by atoms with Crippen LogP contribution in [0.1, 0.15) is 38.1 Å². The normalized spacial score (nSPS) is 10.5. The molecule has 110 valence electrons. The van der Waals surface area contributed by atoms with Gasteiger partial charge in [-0.3, -0.25) is 0 Å². The van der Waals surface area contributed by atoms with Gasteiger partial charge in [-0.15, -0.1) is 0 Å². The second-order valence-corrected chi connectivity index (χ2v) is 5.23. The van der Waals surface area contributed by atoms with Gasteiger partial charge in [-0.25, -0.2) is 4.79 Å². The van der Waals surface area contributed by atoms with Crippen LogP contribution in [0.3, 0.4) is 0 Å². The molecular formula is C14H20N2O3S. The van der Waals surface area contributed by atoms with E-state index in [0.29, 0.717) is 17.0 Å². The van der Waals surface area contributed by atoms with Gasteiger partial charge < -0.3 is 20.5 Å². The number of anilines is 1. The van der Waals surface area contributed by atoms with Crippen molar-refractivity contribution < 1.29 is 14.3 Å². The summed E-state index contributed by atoms with van der Waals surface area (Å²) in [6.45, 7) is 7.32. The molecular weight excluding hydrogens is 276 g/mol. The average Bonchev–Trinajstić information content (AvgIpc) is 2.28. The number of carbonyl (C=O) groups is 1. The fraction of sp³-hybridized carbons (Fsp3) is 0.429. The molecule has 0 aliphatic rings. The number of rotatable bonds is 5. The lowest BCUT2D eigenvalue weighted by Gasteiger charge is -2.18. The Morgan fingerprint density at radius 2 is 1.90 bits per heavy atom. The Hall–Kier alpha value is -1.82. The van der Waals surface area contributed by atoms with Crippen LogP contribution < -0.4 is 15.8 Å². The summed E-state index contributed by atoms with van der Waals surface area (Å²) in [6, 6.07) is 5.10. The highest BCUT2D eigenvalue weighted by atomic mass is 32.1. The van der Waals surface area contributed by atoms with Gasteiger partial charge in [0, 0.05) is 0 Å². The monoisotopic (exact) mass is 296 g/mol. The maximum atomic E-state index is 12.1. The summed E-state index contributed by atoms with van der Waals surface area (Å²) in [6.07, 6.45) is -0.309. The molecule has 0 unspecified atom stereocenters. The number of nitrogens with two attached hydrogens (primary N) is 1. The molecule has 0 radical (unpaired) electrons. The lowest BCUT2D eigenvalue weighted by molar-refractivity contribution is 0.0372. The van der Waals surface area contributed by atoms with Crippen LogP contribution >= 0.6 is 12.2 Å². The second kappa shape index (κ2) is 7.09. The van der Waals surface area contributed by atoms with Crippen LogP contribution in [0, 0.1) is 0 Å². The molecule has 1 aromatic rings. The van der Waals surface area contributed by atoms with Crippen LogP contribution in [0.15, 0.2) is 18.2 Å². The van der Waals surface area contributed by atoms with Gasteiger partial charge in [0.2, 0.25) is 0 Å². The molecule has 0 aromatic heterocycles. The zero-order valence-corrected chi connectivity index (χ0v) is 12.9. The second-order valence-electron chi connectivity index (χ2n) is 4.79. The molecule has 0 aliphatic carbocycles. The van der Waals surface area contributed by atoms with E-state index in [1.54, 1.807) is 32.0 Å². The van der Waals surface area contributed by atoms with Gasteiger partial charge in [0.05, 0.1) is 17.9 Å². The predicted molar refractivity (Wildman–Crippen MR) is 83.2 cm³/mol. The fourth-order valence-corrected chi connectivity index (χ4v) is 1.68. The molecule has 1 rings (SSSR count). The molecule has 3 N–H and O–H groups in total. The van der Waals surface area contributed by atoms with E-state index < -0.39 is 5.97 Å². The highest BCUT2D eigenvalue weighted by molar-refractivity contribution is 7.80. The van der Waals surface area contributed by atoms with Crippen molar-refractivity contribution in [1.29, 1.82) is 0 Å². The van der Waals surface area contributed by atoms with Crippen molar-refractivity contribution in [2.75, 3.05) is 5.32 Å². The number of para-hydroxylation sites is 1. The first-order valence-corrected chi connectivity index (χ1v) is 6.79. The molecule has 0 bridgehead atoms. The third-order valence-corrected chi connectivity index (χ3v) is 2.29. The summed E-state index contributed by atoms with van der Waals surface area (Å²) in [4.78, 5) is 12.1.